The quantitative estimate of drug-likeness (QED) is 0.689. The Morgan fingerprint density at radius 2 is 1.85 bits per heavy atom. The number of para-hydroxylation sites is 1. The summed E-state index contributed by atoms with van der Waals surface area (Å²) in [6, 6.07) is 13.8. The average Bonchev–Trinajstić information content (AvgIpc) is 2.38. The number of halogens is 1. The second kappa shape index (κ2) is 6.34. The van der Waals surface area contributed by atoms with E-state index < -0.39 is 5.97 Å². The van der Waals surface area contributed by atoms with Gasteiger partial charge in [0.05, 0.1) is 5.56 Å². The first kappa shape index (κ1) is 14.3. The van der Waals surface area contributed by atoms with Gasteiger partial charge in [0.1, 0.15) is 5.75 Å². The van der Waals surface area contributed by atoms with Crippen molar-refractivity contribution in [3.8, 4) is 5.75 Å². The third kappa shape index (κ3) is 3.68. The number of anilines is 1. The van der Waals surface area contributed by atoms with E-state index in [4.69, 9.17) is 4.74 Å². The summed E-state index contributed by atoms with van der Waals surface area (Å²) in [5.74, 6) is -0.555. The predicted molar refractivity (Wildman–Crippen MR) is 79.8 cm³/mol. The number of ether oxygens (including phenoxy) is 1. The number of hydrogen-bond acceptors (Lipinski definition) is 3. The fourth-order valence-corrected chi connectivity index (χ4v) is 2.06. The Hall–Kier alpha value is -2.14. The molecule has 4 nitrogen and oxygen atoms in total. The molecule has 0 fully saturated rings. The lowest BCUT2D eigenvalue weighted by Gasteiger charge is -2.09. The Balaban J connectivity index is 2.23. The maximum Gasteiger partial charge on any atom is 0.308 e. The van der Waals surface area contributed by atoms with E-state index in [0.29, 0.717) is 11.3 Å². The molecule has 0 aliphatic rings. The van der Waals surface area contributed by atoms with Crippen LogP contribution >= 0.6 is 15.9 Å². The number of nitrogens with one attached hydrogen (secondary N) is 1. The maximum atomic E-state index is 12.2. The predicted octanol–water partition coefficient (Wildman–Crippen LogP) is 3.63. The number of rotatable bonds is 3. The molecular weight excluding hydrogens is 322 g/mol. The molecular formula is C15H12BrNO3. The summed E-state index contributed by atoms with van der Waals surface area (Å²) in [5, 5.41) is 2.75. The summed E-state index contributed by atoms with van der Waals surface area (Å²) in [6.07, 6.45) is 0. The van der Waals surface area contributed by atoms with Crippen molar-refractivity contribution in [2.24, 2.45) is 0 Å². The van der Waals surface area contributed by atoms with E-state index >= 15 is 0 Å². The molecule has 102 valence electrons. The topological polar surface area (TPSA) is 55.4 Å². The molecule has 20 heavy (non-hydrogen) atoms. The summed E-state index contributed by atoms with van der Waals surface area (Å²) < 4.78 is 5.88. The molecule has 0 aromatic heterocycles. The third-order valence-corrected chi connectivity index (χ3v) is 2.96. The Bertz CT molecular complexity index is 655. The molecule has 1 N–H and O–H groups in total. The lowest BCUT2D eigenvalue weighted by molar-refractivity contribution is -0.131. The fraction of sp³-hybridized carbons (Fsp3) is 0.0667. The van der Waals surface area contributed by atoms with E-state index in [0.717, 1.165) is 4.47 Å². The third-order valence-electron chi connectivity index (χ3n) is 2.47. The summed E-state index contributed by atoms with van der Waals surface area (Å²) in [7, 11) is 0. The van der Waals surface area contributed by atoms with Gasteiger partial charge in [-0.25, -0.2) is 0 Å². The molecule has 0 radical (unpaired) electrons. The van der Waals surface area contributed by atoms with Crippen molar-refractivity contribution in [2.75, 3.05) is 5.32 Å². The Morgan fingerprint density at radius 1 is 1.10 bits per heavy atom. The molecule has 0 aliphatic carbocycles. The van der Waals surface area contributed by atoms with Crippen molar-refractivity contribution in [3.05, 3.63) is 58.6 Å². The number of benzene rings is 2. The zero-order valence-electron chi connectivity index (χ0n) is 10.7. The van der Waals surface area contributed by atoms with Gasteiger partial charge in [-0.05, 0) is 30.3 Å². The molecule has 2 aromatic rings. The first-order valence-electron chi connectivity index (χ1n) is 5.90. The highest BCUT2D eigenvalue weighted by Crippen LogP contribution is 2.21. The second-order valence-corrected chi connectivity index (χ2v) is 4.97. The van der Waals surface area contributed by atoms with Crippen LogP contribution in [-0.4, -0.2) is 11.9 Å². The van der Waals surface area contributed by atoms with Crippen molar-refractivity contribution in [1.29, 1.82) is 0 Å². The molecule has 0 saturated carbocycles. The van der Waals surface area contributed by atoms with Crippen LogP contribution in [0.5, 0.6) is 5.75 Å². The normalized spacial score (nSPS) is 9.90. The second-order valence-electron chi connectivity index (χ2n) is 4.05. The van der Waals surface area contributed by atoms with Crippen LogP contribution in [0.25, 0.3) is 0 Å². The van der Waals surface area contributed by atoms with Gasteiger partial charge in [-0.1, -0.05) is 34.1 Å². The minimum absolute atomic E-state index is 0.243. The SMILES string of the molecule is CC(=O)Oc1ccccc1C(=O)Nc1cccc(Br)c1. The zero-order chi connectivity index (χ0) is 14.5. The van der Waals surface area contributed by atoms with Gasteiger partial charge in [0.25, 0.3) is 5.91 Å². The van der Waals surface area contributed by atoms with Gasteiger partial charge >= 0.3 is 5.97 Å². The van der Waals surface area contributed by atoms with Gasteiger partial charge in [-0.3, -0.25) is 9.59 Å². The Labute approximate surface area is 124 Å². The summed E-state index contributed by atoms with van der Waals surface area (Å²) >= 11 is 3.33. The molecule has 2 aromatic carbocycles. The largest absolute Gasteiger partial charge is 0.426 e. The molecule has 5 heteroatoms. The molecule has 1 amide bonds. The highest BCUT2D eigenvalue weighted by molar-refractivity contribution is 9.10. The maximum absolute atomic E-state index is 12.2. The highest BCUT2D eigenvalue weighted by Gasteiger charge is 2.13. The van der Waals surface area contributed by atoms with Crippen molar-refractivity contribution in [1.82, 2.24) is 0 Å². The smallest absolute Gasteiger partial charge is 0.308 e. The van der Waals surface area contributed by atoms with Crippen LogP contribution < -0.4 is 10.1 Å². The van der Waals surface area contributed by atoms with Gasteiger partial charge < -0.3 is 10.1 Å². The van der Waals surface area contributed by atoms with E-state index in [2.05, 4.69) is 21.2 Å². The van der Waals surface area contributed by atoms with E-state index in [1.54, 1.807) is 36.4 Å². The molecule has 0 saturated heterocycles. The first-order chi connectivity index (χ1) is 9.56. The minimum Gasteiger partial charge on any atom is -0.426 e. The number of amides is 1. The van der Waals surface area contributed by atoms with E-state index in [9.17, 15) is 9.59 Å². The fourth-order valence-electron chi connectivity index (χ4n) is 1.66. The number of carbonyl (C=O) groups excluding carboxylic acids is 2. The zero-order valence-corrected chi connectivity index (χ0v) is 12.3. The minimum atomic E-state index is -0.465. The average molecular weight is 334 g/mol. The van der Waals surface area contributed by atoms with Crippen LogP contribution in [0.2, 0.25) is 0 Å². The van der Waals surface area contributed by atoms with Crippen LogP contribution in [0.15, 0.2) is 53.0 Å². The summed E-state index contributed by atoms with van der Waals surface area (Å²) in [4.78, 5) is 23.2. The van der Waals surface area contributed by atoms with Gasteiger partial charge in [0, 0.05) is 17.1 Å². The van der Waals surface area contributed by atoms with Crippen molar-refractivity contribution < 1.29 is 14.3 Å². The Kier molecular flexibility index (Phi) is 4.53. The summed E-state index contributed by atoms with van der Waals surface area (Å²) in [6.45, 7) is 1.29. The number of esters is 1. The molecule has 0 atom stereocenters. The van der Waals surface area contributed by atoms with E-state index in [-0.39, 0.29) is 11.7 Å². The monoisotopic (exact) mass is 333 g/mol. The molecule has 0 bridgehead atoms. The lowest BCUT2D eigenvalue weighted by atomic mass is 10.2. The van der Waals surface area contributed by atoms with Gasteiger partial charge in [0.2, 0.25) is 0 Å². The van der Waals surface area contributed by atoms with Crippen LogP contribution in [0.3, 0.4) is 0 Å². The first-order valence-corrected chi connectivity index (χ1v) is 6.70. The van der Waals surface area contributed by atoms with Crippen molar-refractivity contribution in [2.45, 2.75) is 6.92 Å². The molecule has 0 heterocycles. The van der Waals surface area contributed by atoms with Crippen LogP contribution in [0.1, 0.15) is 17.3 Å². The van der Waals surface area contributed by atoms with Gasteiger partial charge in [-0.2, -0.15) is 0 Å². The lowest BCUT2D eigenvalue weighted by Crippen LogP contribution is -2.14. The molecule has 0 spiro atoms. The Morgan fingerprint density at radius 3 is 2.55 bits per heavy atom. The molecule has 0 aliphatic heterocycles. The number of hydrogen-bond donors (Lipinski definition) is 1. The van der Waals surface area contributed by atoms with E-state index in [1.807, 2.05) is 12.1 Å². The number of carbonyl (C=O) groups is 2. The van der Waals surface area contributed by atoms with Crippen LogP contribution in [0, 0.1) is 0 Å². The van der Waals surface area contributed by atoms with Crippen LogP contribution in [0.4, 0.5) is 5.69 Å². The van der Waals surface area contributed by atoms with Crippen LogP contribution in [-0.2, 0) is 4.79 Å². The summed E-state index contributed by atoms with van der Waals surface area (Å²) in [5.41, 5.74) is 0.963. The van der Waals surface area contributed by atoms with Gasteiger partial charge in [0.15, 0.2) is 0 Å². The van der Waals surface area contributed by atoms with Crippen molar-refractivity contribution in [3.63, 3.8) is 0 Å². The van der Waals surface area contributed by atoms with E-state index in [1.165, 1.54) is 6.92 Å². The highest BCUT2D eigenvalue weighted by atomic mass is 79.9. The molecule has 2 rings (SSSR count). The van der Waals surface area contributed by atoms with Gasteiger partial charge in [-0.15, -0.1) is 0 Å². The van der Waals surface area contributed by atoms with Crippen molar-refractivity contribution >= 4 is 33.5 Å². The standard InChI is InChI=1S/C15H12BrNO3/c1-10(18)20-14-8-3-2-7-13(14)15(19)17-12-6-4-5-11(16)9-12/h2-9H,1H3,(H,17,19). The molecule has 0 unspecified atom stereocenters.